The van der Waals surface area contributed by atoms with E-state index in [-0.39, 0.29) is 16.8 Å². The molecule has 33 heavy (non-hydrogen) atoms. The summed E-state index contributed by atoms with van der Waals surface area (Å²) in [6.45, 7) is 9.56. The van der Waals surface area contributed by atoms with Gasteiger partial charge in [-0.25, -0.2) is 0 Å². The van der Waals surface area contributed by atoms with Crippen molar-refractivity contribution < 1.29 is 9.53 Å². The minimum absolute atomic E-state index is 0.177. The van der Waals surface area contributed by atoms with Gasteiger partial charge in [0.15, 0.2) is 12.0 Å². The molecule has 0 radical (unpaired) electrons. The predicted molar refractivity (Wildman–Crippen MR) is 130 cm³/mol. The highest BCUT2D eigenvalue weighted by Crippen LogP contribution is 2.30. The van der Waals surface area contributed by atoms with Gasteiger partial charge in [-0.05, 0) is 43.7 Å². The fourth-order valence-electron chi connectivity index (χ4n) is 3.74. The highest BCUT2D eigenvalue weighted by Gasteiger charge is 2.28. The van der Waals surface area contributed by atoms with Crippen LogP contribution in [0.25, 0.3) is 0 Å². The third-order valence-electron chi connectivity index (χ3n) is 5.41. The molecule has 0 aliphatic carbocycles. The number of allylic oxidation sites excluding steroid dienone is 3. The van der Waals surface area contributed by atoms with Crippen LogP contribution in [-0.2, 0) is 0 Å². The fraction of sp³-hybridized carbons (Fsp3) is 0.280. The lowest BCUT2D eigenvalue weighted by molar-refractivity contribution is 0.103. The van der Waals surface area contributed by atoms with Crippen LogP contribution in [0.3, 0.4) is 0 Å². The van der Waals surface area contributed by atoms with E-state index >= 15 is 0 Å². The normalized spacial score (nSPS) is 19.5. The quantitative estimate of drug-likeness (QED) is 0.169. The molecule has 3 rings (SSSR count). The second-order valence-corrected chi connectivity index (χ2v) is 8.10. The summed E-state index contributed by atoms with van der Waals surface area (Å²) in [6.07, 6.45) is 10.7. The molecule has 172 valence electrons. The van der Waals surface area contributed by atoms with Crippen molar-refractivity contribution in [3.8, 4) is 11.9 Å². The van der Waals surface area contributed by atoms with E-state index in [4.69, 9.17) is 16.3 Å². The van der Waals surface area contributed by atoms with E-state index in [0.29, 0.717) is 35.0 Å². The third kappa shape index (κ3) is 5.86. The van der Waals surface area contributed by atoms with Crippen LogP contribution in [0.15, 0.2) is 78.5 Å². The van der Waals surface area contributed by atoms with E-state index in [9.17, 15) is 10.1 Å². The van der Waals surface area contributed by atoms with Crippen LogP contribution in [0.4, 0.5) is 0 Å². The molecule has 1 unspecified atom stereocenters. The summed E-state index contributed by atoms with van der Waals surface area (Å²) in [5.41, 5.74) is 1.55. The molecule has 2 heterocycles. The van der Waals surface area contributed by atoms with Crippen LogP contribution in [0.1, 0.15) is 23.2 Å². The minimum atomic E-state index is -0.232. The zero-order valence-electron chi connectivity index (χ0n) is 18.7. The molecule has 0 amide bonds. The van der Waals surface area contributed by atoms with Gasteiger partial charge in [-0.15, -0.1) is 0 Å². The van der Waals surface area contributed by atoms with Gasteiger partial charge in [-0.1, -0.05) is 30.8 Å². The first-order valence-electron chi connectivity index (χ1n) is 10.7. The molecule has 7 nitrogen and oxygen atoms in total. The largest absolute Gasteiger partial charge is 0.457 e. The van der Waals surface area contributed by atoms with E-state index in [1.54, 1.807) is 49.7 Å². The SMILES string of the molecule is C=C/C=C(\C=C)Oc1ccc(C(=O)C2=CNC/C2=C(/NC2CCCNC2)N(C)C#N)c(Cl)c1. The second-order valence-electron chi connectivity index (χ2n) is 7.69. The van der Waals surface area contributed by atoms with Gasteiger partial charge in [0.2, 0.25) is 0 Å². The Kier molecular flexibility index (Phi) is 8.36. The zero-order chi connectivity index (χ0) is 23.8. The summed E-state index contributed by atoms with van der Waals surface area (Å²) in [6, 6.07) is 5.09. The molecule has 0 aromatic heterocycles. The van der Waals surface area contributed by atoms with Gasteiger partial charge < -0.3 is 20.7 Å². The number of halogens is 1. The number of ketones is 1. The molecule has 1 saturated heterocycles. The Bertz CT molecular complexity index is 1060. The van der Waals surface area contributed by atoms with Crippen molar-refractivity contribution in [2.75, 3.05) is 26.7 Å². The Hall–Kier alpha value is -3.47. The molecular formula is C25H28ClN5O2. The van der Waals surface area contributed by atoms with Gasteiger partial charge in [-0.2, -0.15) is 5.26 Å². The maximum atomic E-state index is 13.4. The molecule has 2 aliphatic rings. The number of Topliss-reactive ketones (excluding diaryl/α,β-unsaturated/α-hetero) is 1. The van der Waals surface area contributed by atoms with E-state index in [0.717, 1.165) is 31.5 Å². The average molecular weight is 466 g/mol. The number of carbonyl (C=O) groups is 1. The van der Waals surface area contributed by atoms with Crippen molar-refractivity contribution >= 4 is 17.4 Å². The Labute approximate surface area is 199 Å². The summed E-state index contributed by atoms with van der Waals surface area (Å²) in [5, 5.41) is 19.8. The van der Waals surface area contributed by atoms with Gasteiger partial charge in [-0.3, -0.25) is 9.69 Å². The first-order chi connectivity index (χ1) is 16.0. The Morgan fingerprint density at radius 2 is 2.24 bits per heavy atom. The molecule has 2 aliphatic heterocycles. The molecule has 0 spiro atoms. The Balaban J connectivity index is 1.88. The van der Waals surface area contributed by atoms with Gasteiger partial charge in [0.25, 0.3) is 0 Å². The molecular weight excluding hydrogens is 438 g/mol. The first kappa shape index (κ1) is 24.2. The van der Waals surface area contributed by atoms with Crippen molar-refractivity contribution in [3.05, 3.63) is 89.1 Å². The molecule has 0 saturated carbocycles. The van der Waals surface area contributed by atoms with Crippen LogP contribution >= 0.6 is 11.6 Å². The minimum Gasteiger partial charge on any atom is -0.457 e. The monoisotopic (exact) mass is 465 g/mol. The number of nitrogens with zero attached hydrogens (tertiary/aromatic N) is 2. The number of ether oxygens (including phenoxy) is 1. The van der Waals surface area contributed by atoms with Crippen molar-refractivity contribution in [1.29, 1.82) is 5.26 Å². The molecule has 1 aromatic carbocycles. The van der Waals surface area contributed by atoms with Crippen LogP contribution in [0, 0.1) is 11.5 Å². The molecule has 1 fully saturated rings. The second kappa shape index (κ2) is 11.4. The summed E-state index contributed by atoms with van der Waals surface area (Å²) in [7, 11) is 1.68. The summed E-state index contributed by atoms with van der Waals surface area (Å²) < 4.78 is 5.72. The van der Waals surface area contributed by atoms with E-state index < -0.39 is 0 Å². The number of nitriles is 1. The molecule has 8 heteroatoms. The van der Waals surface area contributed by atoms with E-state index in [2.05, 4.69) is 35.3 Å². The molecule has 1 aromatic rings. The first-order valence-corrected chi connectivity index (χ1v) is 11.1. The number of benzene rings is 1. The van der Waals surface area contributed by atoms with Gasteiger partial charge in [0.1, 0.15) is 17.3 Å². The highest BCUT2D eigenvalue weighted by molar-refractivity contribution is 6.35. The van der Waals surface area contributed by atoms with E-state index in [1.807, 2.05) is 0 Å². The number of hydrogen-bond acceptors (Lipinski definition) is 7. The smallest absolute Gasteiger partial charge is 0.196 e. The number of piperidine rings is 1. The van der Waals surface area contributed by atoms with Crippen molar-refractivity contribution in [1.82, 2.24) is 20.9 Å². The number of carbonyl (C=O) groups excluding carboxylic acids is 1. The lowest BCUT2D eigenvalue weighted by Crippen LogP contribution is -2.45. The van der Waals surface area contributed by atoms with Crippen molar-refractivity contribution in [2.24, 2.45) is 0 Å². The van der Waals surface area contributed by atoms with Gasteiger partial charge >= 0.3 is 0 Å². The average Bonchev–Trinajstić information content (AvgIpc) is 3.31. The molecule has 3 N–H and O–H groups in total. The van der Waals surface area contributed by atoms with Crippen LogP contribution in [0.5, 0.6) is 5.75 Å². The third-order valence-corrected chi connectivity index (χ3v) is 5.72. The van der Waals surface area contributed by atoms with Crippen LogP contribution in [-0.4, -0.2) is 43.4 Å². The molecule has 0 bridgehead atoms. The van der Waals surface area contributed by atoms with Crippen LogP contribution < -0.4 is 20.7 Å². The predicted octanol–water partition coefficient (Wildman–Crippen LogP) is 3.61. The van der Waals surface area contributed by atoms with E-state index in [1.165, 1.54) is 4.90 Å². The maximum absolute atomic E-state index is 13.4. The standard InChI is InChI=1S/C25H28ClN5O2/c1-4-7-18(5-2)33-19-9-10-20(23(26)12-19)24(32)21-14-29-15-22(21)25(31(3)16-27)30-17-8-6-11-28-13-17/h4-5,7,9-10,12,14,17,28-30H,1-2,6,8,11,13,15H2,3H3/b18-7+,25-22+. The number of rotatable bonds is 9. The molecule has 1 atom stereocenters. The zero-order valence-corrected chi connectivity index (χ0v) is 19.4. The van der Waals surface area contributed by atoms with Gasteiger partial charge in [0.05, 0.1) is 5.02 Å². The van der Waals surface area contributed by atoms with Crippen LogP contribution in [0.2, 0.25) is 5.02 Å². The highest BCUT2D eigenvalue weighted by atomic mass is 35.5. The van der Waals surface area contributed by atoms with Gasteiger partial charge in [0, 0.05) is 55.2 Å². The number of hydrogen-bond donors (Lipinski definition) is 3. The fourth-order valence-corrected chi connectivity index (χ4v) is 4.00. The van der Waals surface area contributed by atoms with Crippen molar-refractivity contribution in [3.63, 3.8) is 0 Å². The lowest BCUT2D eigenvalue weighted by Gasteiger charge is -2.29. The number of nitrogens with one attached hydrogen (secondary N) is 3. The topological polar surface area (TPSA) is 89.4 Å². The Morgan fingerprint density at radius 1 is 1.42 bits per heavy atom. The summed E-state index contributed by atoms with van der Waals surface area (Å²) >= 11 is 6.46. The maximum Gasteiger partial charge on any atom is 0.196 e. The Morgan fingerprint density at radius 3 is 2.88 bits per heavy atom. The summed E-state index contributed by atoms with van der Waals surface area (Å²) in [4.78, 5) is 14.9. The summed E-state index contributed by atoms with van der Waals surface area (Å²) in [5.74, 6) is 1.39. The van der Waals surface area contributed by atoms with Crippen molar-refractivity contribution in [2.45, 2.75) is 18.9 Å². The lowest BCUT2D eigenvalue weighted by atomic mass is 9.98.